The monoisotopic (exact) mass is 246 g/mol. The largest absolute Gasteiger partial charge is 0.397 e. The molecule has 3 heteroatoms. The smallest absolute Gasteiger partial charge is 0.0578 e. The zero-order valence-corrected chi connectivity index (χ0v) is 10.4. The first-order valence-corrected chi connectivity index (χ1v) is 5.92. The fourth-order valence-electron chi connectivity index (χ4n) is 1.77. The summed E-state index contributed by atoms with van der Waals surface area (Å²) in [4.78, 5) is 0. The quantitative estimate of drug-likeness (QED) is 0.801. The average Bonchev–Trinajstić information content (AvgIpc) is 2.32. The molecule has 0 heterocycles. The molecule has 88 valence electrons. The number of rotatable bonds is 3. The summed E-state index contributed by atoms with van der Waals surface area (Å²) in [6, 6.07) is 15.6. The van der Waals surface area contributed by atoms with Crippen LogP contribution in [0.15, 0.2) is 48.5 Å². The number of halogens is 1. The predicted molar refractivity (Wildman–Crippen MR) is 74.3 cm³/mol. The van der Waals surface area contributed by atoms with Crippen molar-refractivity contribution in [3.05, 3.63) is 59.1 Å². The molecule has 0 radical (unpaired) electrons. The SMILES string of the molecule is CC(Nc1ccccc1N)c1ccccc1Cl. The molecule has 2 aromatic carbocycles. The highest BCUT2D eigenvalue weighted by Gasteiger charge is 2.09. The second kappa shape index (κ2) is 5.11. The molecule has 0 aliphatic heterocycles. The van der Waals surface area contributed by atoms with Crippen LogP contribution in [0, 0.1) is 0 Å². The van der Waals surface area contributed by atoms with Gasteiger partial charge in [0.2, 0.25) is 0 Å². The Kier molecular flexibility index (Phi) is 3.55. The van der Waals surface area contributed by atoms with E-state index >= 15 is 0 Å². The second-order valence-electron chi connectivity index (χ2n) is 3.97. The van der Waals surface area contributed by atoms with E-state index in [9.17, 15) is 0 Å². The first-order valence-electron chi connectivity index (χ1n) is 5.54. The Morgan fingerprint density at radius 2 is 1.71 bits per heavy atom. The lowest BCUT2D eigenvalue weighted by Gasteiger charge is -2.18. The van der Waals surface area contributed by atoms with Crippen LogP contribution >= 0.6 is 11.6 Å². The Hall–Kier alpha value is -1.67. The zero-order chi connectivity index (χ0) is 12.3. The summed E-state index contributed by atoms with van der Waals surface area (Å²) >= 11 is 6.15. The van der Waals surface area contributed by atoms with Crippen molar-refractivity contribution < 1.29 is 0 Å². The number of nitrogens with one attached hydrogen (secondary N) is 1. The van der Waals surface area contributed by atoms with Gasteiger partial charge in [-0.1, -0.05) is 41.9 Å². The normalized spacial score (nSPS) is 12.1. The molecule has 1 atom stereocenters. The van der Waals surface area contributed by atoms with Crippen LogP contribution in [0.1, 0.15) is 18.5 Å². The first-order chi connectivity index (χ1) is 8.18. The van der Waals surface area contributed by atoms with Gasteiger partial charge in [0.15, 0.2) is 0 Å². The van der Waals surface area contributed by atoms with Crippen LogP contribution in [0.25, 0.3) is 0 Å². The molecule has 0 aliphatic carbocycles. The van der Waals surface area contributed by atoms with E-state index in [2.05, 4.69) is 12.2 Å². The van der Waals surface area contributed by atoms with Crippen molar-refractivity contribution >= 4 is 23.0 Å². The van der Waals surface area contributed by atoms with Gasteiger partial charge in [0.1, 0.15) is 0 Å². The minimum absolute atomic E-state index is 0.119. The number of anilines is 2. The van der Waals surface area contributed by atoms with E-state index < -0.39 is 0 Å². The van der Waals surface area contributed by atoms with Crippen molar-refractivity contribution in [2.45, 2.75) is 13.0 Å². The van der Waals surface area contributed by atoms with E-state index in [1.54, 1.807) is 0 Å². The molecular weight excluding hydrogens is 232 g/mol. The number of nitrogen functional groups attached to an aromatic ring is 1. The van der Waals surface area contributed by atoms with Crippen LogP contribution in [0.3, 0.4) is 0 Å². The number of hydrogen-bond donors (Lipinski definition) is 2. The van der Waals surface area contributed by atoms with Crippen molar-refractivity contribution in [3.63, 3.8) is 0 Å². The second-order valence-corrected chi connectivity index (χ2v) is 4.38. The molecule has 17 heavy (non-hydrogen) atoms. The Morgan fingerprint density at radius 1 is 1.06 bits per heavy atom. The van der Waals surface area contributed by atoms with Gasteiger partial charge >= 0.3 is 0 Å². The minimum Gasteiger partial charge on any atom is -0.397 e. The van der Waals surface area contributed by atoms with E-state index in [4.69, 9.17) is 17.3 Å². The van der Waals surface area contributed by atoms with Crippen LogP contribution in [-0.4, -0.2) is 0 Å². The molecule has 0 saturated heterocycles. The maximum absolute atomic E-state index is 6.15. The third-order valence-electron chi connectivity index (χ3n) is 2.70. The maximum Gasteiger partial charge on any atom is 0.0578 e. The van der Waals surface area contributed by atoms with Crippen LogP contribution in [0.2, 0.25) is 5.02 Å². The van der Waals surface area contributed by atoms with Crippen molar-refractivity contribution in [1.29, 1.82) is 0 Å². The molecule has 2 aromatic rings. The molecule has 0 aliphatic rings. The molecule has 3 N–H and O–H groups in total. The third kappa shape index (κ3) is 2.71. The van der Waals surface area contributed by atoms with E-state index in [1.807, 2.05) is 48.5 Å². The number of para-hydroxylation sites is 2. The summed E-state index contributed by atoms with van der Waals surface area (Å²) in [7, 11) is 0. The molecule has 2 rings (SSSR count). The van der Waals surface area contributed by atoms with E-state index in [-0.39, 0.29) is 6.04 Å². The highest BCUT2D eigenvalue weighted by atomic mass is 35.5. The van der Waals surface area contributed by atoms with Crippen LogP contribution < -0.4 is 11.1 Å². The topological polar surface area (TPSA) is 38.0 Å². The molecule has 1 unspecified atom stereocenters. The summed E-state index contributed by atoms with van der Waals surface area (Å²) in [5.41, 5.74) is 8.63. The van der Waals surface area contributed by atoms with Gasteiger partial charge < -0.3 is 11.1 Å². The third-order valence-corrected chi connectivity index (χ3v) is 3.05. The molecule has 0 bridgehead atoms. The summed E-state index contributed by atoms with van der Waals surface area (Å²) < 4.78 is 0. The van der Waals surface area contributed by atoms with Crippen LogP contribution in [0.5, 0.6) is 0 Å². The zero-order valence-electron chi connectivity index (χ0n) is 9.65. The number of benzene rings is 2. The van der Waals surface area contributed by atoms with Crippen molar-refractivity contribution in [2.24, 2.45) is 0 Å². The Morgan fingerprint density at radius 3 is 2.41 bits per heavy atom. The summed E-state index contributed by atoms with van der Waals surface area (Å²) in [6.45, 7) is 2.06. The number of hydrogen-bond acceptors (Lipinski definition) is 2. The molecular formula is C14H15ClN2. The average molecular weight is 247 g/mol. The summed E-state index contributed by atoms with van der Waals surface area (Å²) in [5.74, 6) is 0. The Labute approximate surface area is 106 Å². The van der Waals surface area contributed by atoms with E-state index in [0.717, 1.165) is 22.0 Å². The molecule has 0 amide bonds. The highest BCUT2D eigenvalue weighted by molar-refractivity contribution is 6.31. The van der Waals surface area contributed by atoms with Gasteiger partial charge in [-0.25, -0.2) is 0 Å². The molecule has 0 fully saturated rings. The van der Waals surface area contributed by atoms with Gasteiger partial charge in [0, 0.05) is 5.02 Å². The van der Waals surface area contributed by atoms with Gasteiger partial charge in [-0.05, 0) is 30.7 Å². The fraction of sp³-hybridized carbons (Fsp3) is 0.143. The standard InChI is InChI=1S/C14H15ClN2/c1-10(11-6-2-3-7-12(11)15)17-14-9-5-4-8-13(14)16/h2-10,17H,16H2,1H3. The minimum atomic E-state index is 0.119. The van der Waals surface area contributed by atoms with Gasteiger partial charge in [-0.2, -0.15) is 0 Å². The van der Waals surface area contributed by atoms with Gasteiger partial charge in [-0.15, -0.1) is 0 Å². The van der Waals surface area contributed by atoms with Gasteiger partial charge in [0.25, 0.3) is 0 Å². The number of nitrogens with two attached hydrogens (primary N) is 1. The summed E-state index contributed by atoms with van der Waals surface area (Å²) in [6.07, 6.45) is 0. The van der Waals surface area contributed by atoms with Crippen LogP contribution in [-0.2, 0) is 0 Å². The maximum atomic E-state index is 6.15. The molecule has 0 aromatic heterocycles. The predicted octanol–water partition coefficient (Wildman–Crippen LogP) is 4.10. The summed E-state index contributed by atoms with van der Waals surface area (Å²) in [5, 5.41) is 4.12. The lowest BCUT2D eigenvalue weighted by Crippen LogP contribution is -2.08. The van der Waals surface area contributed by atoms with Gasteiger partial charge in [-0.3, -0.25) is 0 Å². The van der Waals surface area contributed by atoms with Gasteiger partial charge in [0.05, 0.1) is 17.4 Å². The van der Waals surface area contributed by atoms with E-state index in [1.165, 1.54) is 0 Å². The molecule has 0 spiro atoms. The first kappa shape index (κ1) is 11.8. The Bertz CT molecular complexity index is 511. The van der Waals surface area contributed by atoms with Crippen molar-refractivity contribution in [1.82, 2.24) is 0 Å². The lowest BCUT2D eigenvalue weighted by atomic mass is 10.1. The van der Waals surface area contributed by atoms with Crippen molar-refractivity contribution in [2.75, 3.05) is 11.1 Å². The molecule has 0 saturated carbocycles. The Balaban J connectivity index is 2.20. The highest BCUT2D eigenvalue weighted by Crippen LogP contribution is 2.27. The van der Waals surface area contributed by atoms with Crippen LogP contribution in [0.4, 0.5) is 11.4 Å². The van der Waals surface area contributed by atoms with Crippen molar-refractivity contribution in [3.8, 4) is 0 Å². The van der Waals surface area contributed by atoms with E-state index in [0.29, 0.717) is 0 Å². The molecule has 2 nitrogen and oxygen atoms in total. The fourth-order valence-corrected chi connectivity index (χ4v) is 2.07. The lowest BCUT2D eigenvalue weighted by molar-refractivity contribution is 0.886.